The van der Waals surface area contributed by atoms with E-state index in [0.717, 1.165) is 18.7 Å². The van der Waals surface area contributed by atoms with E-state index < -0.39 is 0 Å². The Bertz CT molecular complexity index is 573. The zero-order chi connectivity index (χ0) is 18.2. The highest BCUT2D eigenvalue weighted by molar-refractivity contribution is 6.32. The molecule has 1 aromatic carbocycles. The third-order valence-electron chi connectivity index (χ3n) is 5.17. The number of methoxy groups -OCH3 is 1. The van der Waals surface area contributed by atoms with Gasteiger partial charge in [0, 0.05) is 18.3 Å². The van der Waals surface area contributed by atoms with Crippen LogP contribution in [0.15, 0.2) is 30.0 Å². The van der Waals surface area contributed by atoms with Gasteiger partial charge in [0.15, 0.2) is 0 Å². The molecule has 0 bridgehead atoms. The van der Waals surface area contributed by atoms with Crippen LogP contribution in [-0.4, -0.2) is 24.7 Å². The fourth-order valence-corrected chi connectivity index (χ4v) is 4.01. The van der Waals surface area contributed by atoms with Crippen LogP contribution < -0.4 is 10.2 Å². The molecule has 0 saturated heterocycles. The summed E-state index contributed by atoms with van der Waals surface area (Å²) in [7, 11) is 1.66. The Morgan fingerprint density at radius 2 is 2.04 bits per heavy atom. The smallest absolute Gasteiger partial charge is 0.137 e. The van der Waals surface area contributed by atoms with E-state index in [-0.39, 0.29) is 0 Å². The van der Waals surface area contributed by atoms with Crippen molar-refractivity contribution in [3.63, 3.8) is 0 Å². The summed E-state index contributed by atoms with van der Waals surface area (Å²) < 4.78 is 5.26. The average Bonchev–Trinajstić information content (AvgIpc) is 3.02. The number of ether oxygens (including phenoxy) is 1. The molecule has 140 valence electrons. The number of allylic oxidation sites excluding steroid dienone is 1. The first-order valence-corrected chi connectivity index (χ1v) is 9.97. The molecular weight excluding hydrogens is 332 g/mol. The number of rotatable bonds is 10. The van der Waals surface area contributed by atoms with E-state index in [9.17, 15) is 0 Å². The maximum Gasteiger partial charge on any atom is 0.137 e. The summed E-state index contributed by atoms with van der Waals surface area (Å²) >= 11 is 6.29. The van der Waals surface area contributed by atoms with Crippen molar-refractivity contribution in [2.45, 2.75) is 65.3 Å². The fourth-order valence-electron chi connectivity index (χ4n) is 3.73. The summed E-state index contributed by atoms with van der Waals surface area (Å²) in [6.07, 6.45) is 9.54. The van der Waals surface area contributed by atoms with E-state index in [1.165, 1.54) is 43.4 Å². The molecule has 1 aliphatic rings. The molecule has 0 amide bonds. The third kappa shape index (κ3) is 5.93. The van der Waals surface area contributed by atoms with Crippen LogP contribution in [0.3, 0.4) is 0 Å². The molecule has 25 heavy (non-hydrogen) atoms. The number of benzene rings is 1. The van der Waals surface area contributed by atoms with E-state index >= 15 is 0 Å². The molecule has 2 atom stereocenters. The molecule has 2 unspecified atom stereocenters. The number of nitrogens with one attached hydrogen (secondary N) is 1. The average molecular weight is 365 g/mol. The lowest BCUT2D eigenvalue weighted by atomic mass is 9.89. The Kier molecular flexibility index (Phi) is 8.11. The number of halogens is 1. The maximum atomic E-state index is 6.29. The van der Waals surface area contributed by atoms with E-state index in [2.05, 4.69) is 49.4 Å². The first kappa shape index (κ1) is 20.1. The second kappa shape index (κ2) is 10.1. The molecular formula is C21H33ClN2O. The molecule has 1 aliphatic heterocycles. The molecule has 0 aliphatic carbocycles. The Balaban J connectivity index is 1.92. The minimum Gasteiger partial charge on any atom is -0.495 e. The Labute approximate surface area is 158 Å². The van der Waals surface area contributed by atoms with Crippen molar-refractivity contribution in [3.8, 4) is 5.75 Å². The van der Waals surface area contributed by atoms with Gasteiger partial charge in [-0.1, -0.05) is 44.4 Å². The Hall–Kier alpha value is -1.19. The van der Waals surface area contributed by atoms with Gasteiger partial charge >= 0.3 is 0 Å². The highest BCUT2D eigenvalue weighted by Gasteiger charge is 2.21. The maximum absolute atomic E-state index is 6.29. The van der Waals surface area contributed by atoms with Crippen molar-refractivity contribution in [1.29, 1.82) is 0 Å². The zero-order valence-electron chi connectivity index (χ0n) is 16.1. The van der Waals surface area contributed by atoms with E-state index in [0.29, 0.717) is 17.0 Å². The summed E-state index contributed by atoms with van der Waals surface area (Å²) in [6.45, 7) is 7.73. The number of hydrogen-bond donors (Lipinski definition) is 1. The van der Waals surface area contributed by atoms with Crippen molar-refractivity contribution < 1.29 is 4.74 Å². The van der Waals surface area contributed by atoms with Gasteiger partial charge in [-0.15, -0.1) is 0 Å². The van der Waals surface area contributed by atoms with Gasteiger partial charge in [0.25, 0.3) is 0 Å². The predicted molar refractivity (Wildman–Crippen MR) is 107 cm³/mol. The molecule has 0 spiro atoms. The van der Waals surface area contributed by atoms with Gasteiger partial charge < -0.3 is 10.2 Å². The Morgan fingerprint density at radius 3 is 2.60 bits per heavy atom. The topological polar surface area (TPSA) is 24.5 Å². The van der Waals surface area contributed by atoms with Gasteiger partial charge in [-0.3, -0.25) is 0 Å². The van der Waals surface area contributed by atoms with Gasteiger partial charge in [-0.2, -0.15) is 0 Å². The summed E-state index contributed by atoms with van der Waals surface area (Å²) in [6, 6.07) is 6.81. The summed E-state index contributed by atoms with van der Waals surface area (Å²) in [5, 5.41) is 3.10. The van der Waals surface area contributed by atoms with Crippen LogP contribution in [0.5, 0.6) is 5.75 Å². The van der Waals surface area contributed by atoms with E-state index in [1.54, 1.807) is 7.11 Å². The molecule has 2 rings (SSSR count). The third-order valence-corrected chi connectivity index (χ3v) is 5.47. The molecule has 0 aromatic heterocycles. The minimum absolute atomic E-state index is 0.604. The van der Waals surface area contributed by atoms with Crippen LogP contribution in [0.1, 0.15) is 58.4 Å². The van der Waals surface area contributed by atoms with Gasteiger partial charge in [0.1, 0.15) is 5.75 Å². The molecule has 0 radical (unpaired) electrons. The molecule has 0 saturated carbocycles. The van der Waals surface area contributed by atoms with Crippen molar-refractivity contribution >= 4 is 11.6 Å². The van der Waals surface area contributed by atoms with Crippen molar-refractivity contribution in [3.05, 3.63) is 40.6 Å². The minimum atomic E-state index is 0.604. The fraction of sp³-hybridized carbons (Fsp3) is 0.619. The zero-order valence-corrected chi connectivity index (χ0v) is 16.9. The molecule has 1 N–H and O–H groups in total. The van der Waals surface area contributed by atoms with E-state index in [1.807, 2.05) is 6.07 Å². The largest absolute Gasteiger partial charge is 0.495 e. The van der Waals surface area contributed by atoms with Gasteiger partial charge in [-0.25, -0.2) is 5.01 Å². The van der Waals surface area contributed by atoms with Crippen LogP contribution >= 0.6 is 11.6 Å². The highest BCUT2D eigenvalue weighted by Crippen LogP contribution is 2.28. The molecule has 3 nitrogen and oxygen atoms in total. The van der Waals surface area contributed by atoms with Crippen molar-refractivity contribution in [1.82, 2.24) is 10.4 Å². The number of hydrazine groups is 1. The van der Waals surface area contributed by atoms with Crippen LogP contribution in [-0.2, 0) is 6.42 Å². The molecule has 1 heterocycles. The van der Waals surface area contributed by atoms with Gasteiger partial charge in [0.05, 0.1) is 12.1 Å². The molecule has 4 heteroatoms. The standard InChI is InChI=1S/C21H33ClN2O/c1-5-7-17(14-18-9-11-21(25-4)20(22)15-18)8-10-19(6-2)24-13-12-16(3)23-24/h9,11-12,15,17,19,23H,5-8,10,13-14H2,1-4H3. The predicted octanol–water partition coefficient (Wildman–Crippen LogP) is 5.59. The summed E-state index contributed by atoms with van der Waals surface area (Å²) in [5.41, 5.74) is 6.08. The van der Waals surface area contributed by atoms with Crippen LogP contribution in [0.25, 0.3) is 0 Å². The normalized spacial score (nSPS) is 17.1. The quantitative estimate of drug-likeness (QED) is 0.585. The highest BCUT2D eigenvalue weighted by atomic mass is 35.5. The van der Waals surface area contributed by atoms with E-state index in [4.69, 9.17) is 16.3 Å². The first-order valence-electron chi connectivity index (χ1n) is 9.59. The summed E-state index contributed by atoms with van der Waals surface area (Å²) in [4.78, 5) is 0. The van der Waals surface area contributed by atoms with Gasteiger partial charge in [0.2, 0.25) is 0 Å². The van der Waals surface area contributed by atoms with Crippen LogP contribution in [0, 0.1) is 5.92 Å². The first-order chi connectivity index (χ1) is 12.1. The van der Waals surface area contributed by atoms with Crippen LogP contribution in [0.4, 0.5) is 0 Å². The number of nitrogens with zero attached hydrogens (tertiary/aromatic N) is 1. The lowest BCUT2D eigenvalue weighted by molar-refractivity contribution is 0.156. The second-order valence-corrected chi connectivity index (χ2v) is 7.53. The monoisotopic (exact) mass is 364 g/mol. The van der Waals surface area contributed by atoms with Crippen molar-refractivity contribution in [2.24, 2.45) is 5.92 Å². The van der Waals surface area contributed by atoms with Crippen molar-refractivity contribution in [2.75, 3.05) is 13.7 Å². The summed E-state index contributed by atoms with van der Waals surface area (Å²) in [5.74, 6) is 1.46. The second-order valence-electron chi connectivity index (χ2n) is 7.12. The number of hydrogen-bond acceptors (Lipinski definition) is 3. The Morgan fingerprint density at radius 1 is 1.24 bits per heavy atom. The lowest BCUT2D eigenvalue weighted by Gasteiger charge is -2.29. The van der Waals surface area contributed by atoms with Crippen LogP contribution in [0.2, 0.25) is 5.02 Å². The lowest BCUT2D eigenvalue weighted by Crippen LogP contribution is -2.41. The molecule has 1 aromatic rings. The molecule has 0 fully saturated rings. The van der Waals surface area contributed by atoms with Gasteiger partial charge in [-0.05, 0) is 62.3 Å². The SMILES string of the molecule is CCCC(CCC(CC)N1CC=C(C)N1)Cc1ccc(OC)c(Cl)c1.